The average Bonchev–Trinajstić information content (AvgIpc) is 3.38. The minimum Gasteiger partial charge on any atom is -0.370 e. The summed E-state index contributed by atoms with van der Waals surface area (Å²) in [6.07, 6.45) is 3.01. The van der Waals surface area contributed by atoms with Crippen LogP contribution in [0.2, 0.25) is 0 Å². The number of carbonyl (C=O) groups is 2. The van der Waals surface area contributed by atoms with Gasteiger partial charge in [0.15, 0.2) is 5.96 Å². The number of rotatable bonds is 10. The van der Waals surface area contributed by atoms with Gasteiger partial charge in [0.25, 0.3) is 0 Å². The first-order chi connectivity index (χ1) is 16.7. The van der Waals surface area contributed by atoms with Crippen LogP contribution in [0.4, 0.5) is 5.69 Å². The second-order valence-corrected chi connectivity index (χ2v) is 10.0. The summed E-state index contributed by atoms with van der Waals surface area (Å²) in [4.78, 5) is 28.2. The van der Waals surface area contributed by atoms with Crippen LogP contribution >= 0.6 is 0 Å². The SMILES string of the molecule is CCS(=O)(=O)NC(Cc1ccccc1)C(=O)N1CCCC1.NC(N)=Nc1cccc(CNC=O)c1. The van der Waals surface area contributed by atoms with E-state index in [0.717, 1.165) is 37.1 Å². The average molecular weight is 503 g/mol. The van der Waals surface area contributed by atoms with Crippen molar-refractivity contribution in [2.45, 2.75) is 38.8 Å². The lowest BCUT2D eigenvalue weighted by atomic mass is 10.1. The molecule has 0 saturated carbocycles. The quantitative estimate of drug-likeness (QED) is 0.215. The van der Waals surface area contributed by atoms with Crippen LogP contribution in [-0.4, -0.2) is 56.5 Å². The van der Waals surface area contributed by atoms with Crippen molar-refractivity contribution in [2.75, 3.05) is 18.8 Å². The van der Waals surface area contributed by atoms with Gasteiger partial charge in [-0.1, -0.05) is 42.5 Å². The molecule has 0 radical (unpaired) electrons. The number of sulfonamides is 1. The second kappa shape index (κ2) is 14.1. The van der Waals surface area contributed by atoms with Gasteiger partial charge in [0.05, 0.1) is 11.4 Å². The molecule has 1 heterocycles. The van der Waals surface area contributed by atoms with Crippen LogP contribution in [0.15, 0.2) is 59.6 Å². The van der Waals surface area contributed by atoms with E-state index in [1.165, 1.54) is 0 Å². The lowest BCUT2D eigenvalue weighted by Crippen LogP contribution is -2.49. The molecule has 1 saturated heterocycles. The van der Waals surface area contributed by atoms with Crippen molar-refractivity contribution in [1.82, 2.24) is 14.9 Å². The number of aliphatic imine (C=N–C) groups is 1. The van der Waals surface area contributed by atoms with Crippen molar-refractivity contribution in [2.24, 2.45) is 16.5 Å². The highest BCUT2D eigenvalue weighted by atomic mass is 32.2. The third-order valence-electron chi connectivity index (χ3n) is 5.26. The number of carbonyl (C=O) groups excluding carboxylic acids is 2. The smallest absolute Gasteiger partial charge is 0.241 e. The van der Waals surface area contributed by atoms with E-state index < -0.39 is 16.1 Å². The third-order valence-corrected chi connectivity index (χ3v) is 6.66. The molecular formula is C24H34N6O4S. The molecule has 190 valence electrons. The van der Waals surface area contributed by atoms with Gasteiger partial charge in [-0.15, -0.1) is 0 Å². The molecule has 2 aromatic rings. The lowest BCUT2D eigenvalue weighted by Gasteiger charge is -2.24. The minimum absolute atomic E-state index is 0.0190. The van der Waals surface area contributed by atoms with Crippen molar-refractivity contribution < 1.29 is 18.0 Å². The normalized spacial score (nSPS) is 13.8. The molecule has 1 aliphatic heterocycles. The Bertz CT molecular complexity index is 1080. The van der Waals surface area contributed by atoms with E-state index in [-0.39, 0.29) is 17.6 Å². The molecule has 1 atom stereocenters. The third kappa shape index (κ3) is 10.1. The summed E-state index contributed by atoms with van der Waals surface area (Å²) in [7, 11) is -3.41. The van der Waals surface area contributed by atoms with Crippen LogP contribution in [-0.2, 0) is 32.6 Å². The number of nitrogens with two attached hydrogens (primary N) is 2. The van der Waals surface area contributed by atoms with E-state index in [2.05, 4.69) is 15.0 Å². The molecule has 1 fully saturated rings. The summed E-state index contributed by atoms with van der Waals surface area (Å²) in [6, 6.07) is 16.1. The van der Waals surface area contributed by atoms with E-state index in [1.54, 1.807) is 24.0 Å². The topological polar surface area (TPSA) is 160 Å². The standard InChI is InChI=1S/C15H22N2O3S.C9H12N4O/c1-2-21(19,20)16-14(12-13-8-4-3-5-9-13)15(18)17-10-6-7-11-17;10-9(11)13-8-3-1-2-7(4-8)5-12-6-14/h3-5,8-9,14,16H,2,6-7,10-12H2,1H3;1-4,6H,5H2,(H,12,14)(H4,10,11,13). The number of nitrogens with one attached hydrogen (secondary N) is 2. The summed E-state index contributed by atoms with van der Waals surface area (Å²) in [5.74, 6) is -0.121. The van der Waals surface area contributed by atoms with E-state index in [0.29, 0.717) is 25.1 Å². The molecule has 0 bridgehead atoms. The Morgan fingerprint density at radius 1 is 1.09 bits per heavy atom. The van der Waals surface area contributed by atoms with Crippen molar-refractivity contribution in [3.8, 4) is 0 Å². The van der Waals surface area contributed by atoms with Gasteiger partial charge in [0, 0.05) is 19.6 Å². The fourth-order valence-electron chi connectivity index (χ4n) is 3.53. The maximum Gasteiger partial charge on any atom is 0.241 e. The van der Waals surface area contributed by atoms with Crippen LogP contribution in [0.5, 0.6) is 0 Å². The maximum absolute atomic E-state index is 12.5. The molecule has 6 N–H and O–H groups in total. The van der Waals surface area contributed by atoms with Gasteiger partial charge in [0.1, 0.15) is 6.04 Å². The molecule has 11 heteroatoms. The van der Waals surface area contributed by atoms with Crippen LogP contribution in [0.25, 0.3) is 0 Å². The minimum atomic E-state index is -3.41. The summed E-state index contributed by atoms with van der Waals surface area (Å²) in [5.41, 5.74) is 13.0. The highest BCUT2D eigenvalue weighted by molar-refractivity contribution is 7.89. The van der Waals surface area contributed by atoms with Gasteiger partial charge < -0.3 is 21.7 Å². The molecule has 10 nitrogen and oxygen atoms in total. The van der Waals surface area contributed by atoms with Gasteiger partial charge >= 0.3 is 0 Å². The molecule has 2 amide bonds. The van der Waals surface area contributed by atoms with Crippen LogP contribution in [0, 0.1) is 0 Å². The number of nitrogens with zero attached hydrogens (tertiary/aromatic N) is 2. The predicted molar refractivity (Wildman–Crippen MR) is 137 cm³/mol. The van der Waals surface area contributed by atoms with E-state index in [4.69, 9.17) is 11.5 Å². The molecule has 35 heavy (non-hydrogen) atoms. The summed E-state index contributed by atoms with van der Waals surface area (Å²) >= 11 is 0. The van der Waals surface area contributed by atoms with E-state index in [1.807, 2.05) is 42.5 Å². The zero-order valence-electron chi connectivity index (χ0n) is 19.9. The molecule has 0 aromatic heterocycles. The van der Waals surface area contributed by atoms with Gasteiger partial charge in [-0.2, -0.15) is 0 Å². The number of hydrogen-bond acceptors (Lipinski definition) is 5. The lowest BCUT2D eigenvalue weighted by molar-refractivity contribution is -0.131. The zero-order valence-corrected chi connectivity index (χ0v) is 20.7. The summed E-state index contributed by atoms with van der Waals surface area (Å²) in [6.45, 7) is 3.48. The number of likely N-dealkylation sites (tertiary alicyclic amines) is 1. The first-order valence-electron chi connectivity index (χ1n) is 11.4. The first-order valence-corrected chi connectivity index (χ1v) is 13.1. The number of hydrogen-bond donors (Lipinski definition) is 4. The van der Waals surface area contributed by atoms with Gasteiger partial charge in [0.2, 0.25) is 22.3 Å². The molecule has 0 aliphatic carbocycles. The Labute approximate surface area is 206 Å². The van der Waals surface area contributed by atoms with Crippen molar-refractivity contribution in [3.05, 3.63) is 65.7 Å². The summed E-state index contributed by atoms with van der Waals surface area (Å²) < 4.78 is 26.2. The molecule has 3 rings (SSSR count). The number of guanidine groups is 1. The fraction of sp³-hybridized carbons (Fsp3) is 0.375. The maximum atomic E-state index is 12.5. The van der Waals surface area contributed by atoms with Gasteiger partial charge in [-0.3, -0.25) is 9.59 Å². The number of amides is 2. The van der Waals surface area contributed by atoms with Gasteiger partial charge in [-0.25, -0.2) is 18.1 Å². The van der Waals surface area contributed by atoms with Crippen molar-refractivity contribution in [1.29, 1.82) is 0 Å². The largest absolute Gasteiger partial charge is 0.370 e. The van der Waals surface area contributed by atoms with Crippen LogP contribution < -0.4 is 21.5 Å². The van der Waals surface area contributed by atoms with Crippen LogP contribution in [0.3, 0.4) is 0 Å². The van der Waals surface area contributed by atoms with Gasteiger partial charge in [-0.05, 0) is 49.4 Å². The second-order valence-electron chi connectivity index (χ2n) is 8.00. The Kier molecular flexibility index (Phi) is 11.2. The first kappa shape index (κ1) is 27.8. The zero-order chi connectivity index (χ0) is 25.7. The van der Waals surface area contributed by atoms with E-state index in [9.17, 15) is 18.0 Å². The summed E-state index contributed by atoms with van der Waals surface area (Å²) in [5, 5.41) is 2.55. The van der Waals surface area contributed by atoms with Crippen molar-refractivity contribution >= 4 is 34.0 Å². The highest BCUT2D eigenvalue weighted by Gasteiger charge is 2.29. The molecule has 2 aromatic carbocycles. The fourth-order valence-corrected chi connectivity index (χ4v) is 4.32. The molecule has 0 spiro atoms. The van der Waals surface area contributed by atoms with Crippen LogP contribution in [0.1, 0.15) is 30.9 Å². The Balaban J connectivity index is 0.000000269. The Hall–Kier alpha value is -3.44. The molecule has 1 aliphatic rings. The molecule has 1 unspecified atom stereocenters. The highest BCUT2D eigenvalue weighted by Crippen LogP contribution is 2.14. The Morgan fingerprint density at radius 3 is 2.34 bits per heavy atom. The Morgan fingerprint density at radius 2 is 1.74 bits per heavy atom. The van der Waals surface area contributed by atoms with E-state index >= 15 is 0 Å². The monoisotopic (exact) mass is 502 g/mol. The molecular weight excluding hydrogens is 468 g/mol. The number of benzene rings is 2. The van der Waals surface area contributed by atoms with Crippen molar-refractivity contribution in [3.63, 3.8) is 0 Å². The predicted octanol–water partition coefficient (Wildman–Crippen LogP) is 0.997.